The first kappa shape index (κ1) is 25.0. The zero-order valence-electron chi connectivity index (χ0n) is 19.3. The summed E-state index contributed by atoms with van der Waals surface area (Å²) in [5.74, 6) is -2.35. The molecule has 0 aliphatic carbocycles. The Hall–Kier alpha value is -4.12. The van der Waals surface area contributed by atoms with Gasteiger partial charge in [0.25, 0.3) is 0 Å². The molecule has 0 aliphatic rings. The summed E-state index contributed by atoms with van der Waals surface area (Å²) in [5.41, 5.74) is 7.46. The minimum atomic E-state index is -0.911. The lowest BCUT2D eigenvalue weighted by molar-refractivity contribution is -0.118. The van der Waals surface area contributed by atoms with Crippen molar-refractivity contribution in [3.63, 3.8) is 0 Å². The number of nitrogens with one attached hydrogen (secondary N) is 1. The van der Waals surface area contributed by atoms with Crippen LogP contribution in [0.5, 0.6) is 0 Å². The van der Waals surface area contributed by atoms with E-state index in [1.54, 1.807) is 55.0 Å². The van der Waals surface area contributed by atoms with Crippen LogP contribution >= 0.6 is 11.3 Å². The maximum Gasteiger partial charge on any atom is 0.232 e. The van der Waals surface area contributed by atoms with Crippen LogP contribution in [0.1, 0.15) is 46.3 Å². The zero-order chi connectivity index (χ0) is 25.3. The number of hydrogen-bond donors (Lipinski definition) is 2. The Labute approximate surface area is 211 Å². The molecular weight excluding hydrogens is 481 g/mol. The summed E-state index contributed by atoms with van der Waals surface area (Å²) in [6.07, 6.45) is 7.67. The average molecular weight is 506 g/mol. The third-order valence-corrected chi connectivity index (χ3v) is 6.30. The molecule has 3 N–H and O–H groups in total. The first-order valence-electron chi connectivity index (χ1n) is 11.4. The summed E-state index contributed by atoms with van der Waals surface area (Å²) >= 11 is 1.32. The van der Waals surface area contributed by atoms with Crippen LogP contribution in [0.4, 0.5) is 9.52 Å². The summed E-state index contributed by atoms with van der Waals surface area (Å²) in [6, 6.07) is 12.0. The topological polar surface area (TPSA) is 137 Å². The highest BCUT2D eigenvalue weighted by molar-refractivity contribution is 7.15. The number of unbranched alkanes of at least 4 members (excludes halogenated alkanes) is 1. The van der Waals surface area contributed by atoms with Crippen molar-refractivity contribution >= 4 is 28.3 Å². The van der Waals surface area contributed by atoms with Crippen molar-refractivity contribution in [2.75, 3.05) is 5.32 Å². The predicted octanol–water partition coefficient (Wildman–Crippen LogP) is 3.23. The van der Waals surface area contributed by atoms with Gasteiger partial charge in [0.05, 0.1) is 17.8 Å². The largest absolute Gasteiger partial charge is 0.369 e. The van der Waals surface area contributed by atoms with Crippen molar-refractivity contribution < 1.29 is 14.0 Å². The molecule has 2 amide bonds. The third kappa shape index (κ3) is 6.72. The van der Waals surface area contributed by atoms with Gasteiger partial charge in [-0.2, -0.15) is 4.39 Å². The highest BCUT2D eigenvalue weighted by Crippen LogP contribution is 2.23. The molecule has 36 heavy (non-hydrogen) atoms. The second-order valence-electron chi connectivity index (χ2n) is 8.07. The van der Waals surface area contributed by atoms with E-state index in [9.17, 15) is 14.0 Å². The molecule has 0 saturated carbocycles. The lowest BCUT2D eigenvalue weighted by Gasteiger charge is -2.13. The number of amides is 2. The van der Waals surface area contributed by atoms with E-state index in [1.165, 1.54) is 11.3 Å². The van der Waals surface area contributed by atoms with E-state index < -0.39 is 17.8 Å². The molecule has 4 aromatic heterocycles. The van der Waals surface area contributed by atoms with Crippen LogP contribution in [0.2, 0.25) is 0 Å². The Balaban J connectivity index is 1.26. The molecule has 4 aromatic rings. The van der Waals surface area contributed by atoms with Crippen LogP contribution in [0.15, 0.2) is 61.1 Å². The molecule has 4 rings (SSSR count). The molecular formula is C25H24FN7O2S. The van der Waals surface area contributed by atoms with Crippen molar-refractivity contribution in [3.05, 3.63) is 94.5 Å². The average Bonchev–Trinajstić information content (AvgIpc) is 3.31. The fourth-order valence-electron chi connectivity index (χ4n) is 3.66. The SMILES string of the molecule is NC(=O)C(c1ccccn1)c1ccc(CCCCc2nnc(NC(=O)Cc3cccnc3)s2)c(F)n1. The molecule has 0 aromatic carbocycles. The molecule has 1 atom stereocenters. The van der Waals surface area contributed by atoms with Gasteiger partial charge in [-0.25, -0.2) is 4.98 Å². The van der Waals surface area contributed by atoms with Gasteiger partial charge in [0, 0.05) is 30.6 Å². The van der Waals surface area contributed by atoms with Gasteiger partial charge in [-0.15, -0.1) is 10.2 Å². The summed E-state index contributed by atoms with van der Waals surface area (Å²) in [5, 5.41) is 12.1. The number of carbonyl (C=O) groups is 2. The number of carbonyl (C=O) groups excluding carboxylic acids is 2. The normalized spacial score (nSPS) is 11.7. The Morgan fingerprint density at radius 3 is 2.58 bits per heavy atom. The smallest absolute Gasteiger partial charge is 0.232 e. The maximum atomic E-state index is 14.7. The van der Waals surface area contributed by atoms with Gasteiger partial charge in [0.2, 0.25) is 22.9 Å². The van der Waals surface area contributed by atoms with Gasteiger partial charge in [0.1, 0.15) is 10.9 Å². The monoisotopic (exact) mass is 505 g/mol. The van der Waals surface area contributed by atoms with E-state index in [4.69, 9.17) is 5.73 Å². The molecule has 4 heterocycles. The van der Waals surface area contributed by atoms with Crippen LogP contribution in [0.3, 0.4) is 0 Å². The van der Waals surface area contributed by atoms with E-state index in [0.717, 1.165) is 17.0 Å². The maximum absolute atomic E-state index is 14.7. The molecule has 0 fully saturated rings. The first-order valence-corrected chi connectivity index (χ1v) is 12.2. The Kier molecular flexibility index (Phi) is 8.35. The zero-order valence-corrected chi connectivity index (χ0v) is 20.1. The van der Waals surface area contributed by atoms with Gasteiger partial charge in [-0.3, -0.25) is 19.6 Å². The van der Waals surface area contributed by atoms with Crippen LogP contribution in [-0.2, 0) is 28.9 Å². The summed E-state index contributed by atoms with van der Waals surface area (Å²) in [7, 11) is 0. The molecule has 184 valence electrons. The Bertz CT molecular complexity index is 1320. The second kappa shape index (κ2) is 12.0. The van der Waals surface area contributed by atoms with Crippen molar-refractivity contribution in [1.29, 1.82) is 0 Å². The number of hydrogen-bond acceptors (Lipinski definition) is 8. The molecule has 0 saturated heterocycles. The van der Waals surface area contributed by atoms with Crippen LogP contribution in [0, 0.1) is 5.95 Å². The van der Waals surface area contributed by atoms with Gasteiger partial charge in [-0.05, 0) is 49.1 Å². The number of halogens is 1. The van der Waals surface area contributed by atoms with E-state index >= 15 is 0 Å². The highest BCUT2D eigenvalue weighted by atomic mass is 32.1. The molecule has 1 unspecified atom stereocenters. The molecule has 0 aliphatic heterocycles. The number of primary amides is 1. The fraction of sp³-hybridized carbons (Fsp3) is 0.240. The number of aromatic nitrogens is 5. The molecule has 11 heteroatoms. The van der Waals surface area contributed by atoms with E-state index in [1.807, 2.05) is 6.07 Å². The minimum Gasteiger partial charge on any atom is -0.369 e. The number of nitrogens with zero attached hydrogens (tertiary/aromatic N) is 5. The van der Waals surface area contributed by atoms with Gasteiger partial charge in [0.15, 0.2) is 0 Å². The predicted molar refractivity (Wildman–Crippen MR) is 133 cm³/mol. The number of aryl methyl sites for hydroxylation is 2. The van der Waals surface area contributed by atoms with Crippen LogP contribution < -0.4 is 11.1 Å². The van der Waals surface area contributed by atoms with Crippen molar-refractivity contribution in [2.45, 2.75) is 38.0 Å². The number of pyridine rings is 3. The van der Waals surface area contributed by atoms with Crippen LogP contribution in [0.25, 0.3) is 0 Å². The van der Waals surface area contributed by atoms with Crippen molar-refractivity contribution in [1.82, 2.24) is 25.1 Å². The number of anilines is 1. The second-order valence-corrected chi connectivity index (χ2v) is 9.13. The highest BCUT2D eigenvalue weighted by Gasteiger charge is 2.24. The van der Waals surface area contributed by atoms with Crippen molar-refractivity contribution in [2.24, 2.45) is 5.73 Å². The fourth-order valence-corrected chi connectivity index (χ4v) is 4.46. The molecule has 0 radical (unpaired) electrons. The van der Waals surface area contributed by atoms with Crippen LogP contribution in [-0.4, -0.2) is 37.0 Å². The third-order valence-electron chi connectivity index (χ3n) is 5.40. The number of rotatable bonds is 11. The summed E-state index contributed by atoms with van der Waals surface area (Å²) < 4.78 is 14.7. The molecule has 0 bridgehead atoms. The van der Waals surface area contributed by atoms with E-state index in [-0.39, 0.29) is 18.0 Å². The number of nitrogens with two attached hydrogens (primary N) is 1. The quantitative estimate of drug-likeness (QED) is 0.236. The van der Waals surface area contributed by atoms with Crippen molar-refractivity contribution in [3.8, 4) is 0 Å². The van der Waals surface area contributed by atoms with E-state index in [0.29, 0.717) is 35.7 Å². The van der Waals surface area contributed by atoms with Gasteiger partial charge < -0.3 is 11.1 Å². The Morgan fingerprint density at radius 1 is 1.00 bits per heavy atom. The summed E-state index contributed by atoms with van der Waals surface area (Å²) in [4.78, 5) is 36.3. The van der Waals surface area contributed by atoms with E-state index in [2.05, 4.69) is 30.5 Å². The van der Waals surface area contributed by atoms with Gasteiger partial charge >= 0.3 is 0 Å². The summed E-state index contributed by atoms with van der Waals surface area (Å²) in [6.45, 7) is 0. The lowest BCUT2D eigenvalue weighted by Crippen LogP contribution is -2.24. The molecule has 9 nitrogen and oxygen atoms in total. The van der Waals surface area contributed by atoms with Gasteiger partial charge in [-0.1, -0.05) is 29.5 Å². The minimum absolute atomic E-state index is 0.182. The standard InChI is InChI=1S/C25H24FN7O2S/c26-23-17(10-11-19(30-23)22(24(27)35)18-8-3-4-13-29-18)7-1-2-9-21-32-33-25(36-21)31-20(34)14-16-6-5-12-28-15-16/h3-6,8,10-13,15,22H,1-2,7,9,14H2,(H2,27,35)(H,31,33,34). The molecule has 0 spiro atoms. The lowest BCUT2D eigenvalue weighted by atomic mass is 9.98. The first-order chi connectivity index (χ1) is 17.5. The Morgan fingerprint density at radius 2 is 1.86 bits per heavy atom.